The molecule has 4 aromatic carbocycles. The quantitative estimate of drug-likeness (QED) is 0.168. The highest BCUT2D eigenvalue weighted by atomic mass is 16.6. The lowest BCUT2D eigenvalue weighted by atomic mass is 9.77. The Morgan fingerprint density at radius 3 is 2.48 bits per heavy atom. The normalized spacial score (nSPS) is 17.3. The van der Waals surface area contributed by atoms with Crippen LogP contribution in [0.1, 0.15) is 59.3 Å². The molecule has 0 saturated heterocycles. The summed E-state index contributed by atoms with van der Waals surface area (Å²) < 4.78 is 18.4. The Bertz CT molecular complexity index is 1550. The molecule has 0 aliphatic carbocycles. The molecule has 2 aliphatic rings. The maximum absolute atomic E-state index is 13.3. The lowest BCUT2D eigenvalue weighted by Gasteiger charge is -2.37. The van der Waals surface area contributed by atoms with Gasteiger partial charge in [0.05, 0.1) is 5.56 Å². The van der Waals surface area contributed by atoms with Crippen LogP contribution in [-0.2, 0) is 15.1 Å². The first kappa shape index (κ1) is 26.0. The SMILES string of the molecule is CCOCCC[C@H](C)Nc1ccc2c(c1)Oc1cc(C)c(Nc3ccccc3)cc1[C@@]21OC(=O)c2ccccc21. The highest BCUT2D eigenvalue weighted by Gasteiger charge is 2.53. The second kappa shape index (κ2) is 10.7. The van der Waals surface area contributed by atoms with Gasteiger partial charge in [-0.2, -0.15) is 0 Å². The Labute approximate surface area is 235 Å². The highest BCUT2D eigenvalue weighted by molar-refractivity contribution is 5.97. The second-order valence-electron chi connectivity index (χ2n) is 10.5. The minimum Gasteiger partial charge on any atom is -0.456 e. The van der Waals surface area contributed by atoms with Crippen LogP contribution in [0.25, 0.3) is 0 Å². The van der Waals surface area contributed by atoms with E-state index in [9.17, 15) is 4.79 Å². The molecular formula is C34H34N2O4. The van der Waals surface area contributed by atoms with E-state index in [0.29, 0.717) is 17.1 Å². The third-order valence-corrected chi connectivity index (χ3v) is 7.65. The Balaban J connectivity index is 1.42. The molecule has 0 saturated carbocycles. The number of fused-ring (bicyclic) bond motifs is 6. The van der Waals surface area contributed by atoms with Crippen molar-refractivity contribution in [1.82, 2.24) is 0 Å². The fourth-order valence-corrected chi connectivity index (χ4v) is 5.71. The molecule has 0 radical (unpaired) electrons. The minimum absolute atomic E-state index is 0.266. The molecule has 204 valence electrons. The highest BCUT2D eigenvalue weighted by Crippen LogP contribution is 2.57. The average Bonchev–Trinajstić information content (AvgIpc) is 3.25. The van der Waals surface area contributed by atoms with Crippen molar-refractivity contribution in [2.24, 2.45) is 0 Å². The van der Waals surface area contributed by atoms with Gasteiger partial charge < -0.3 is 24.8 Å². The fraction of sp³-hybridized carbons (Fsp3) is 0.265. The number of hydrogen-bond acceptors (Lipinski definition) is 6. The summed E-state index contributed by atoms with van der Waals surface area (Å²) in [6.07, 6.45) is 1.98. The number of benzene rings is 4. The standard InChI is InChI=1S/C34H34N2O4/c1-4-38-18-10-11-23(3)35-25-16-17-28-32(20-25)39-31-19-22(2)30(36-24-12-6-5-7-13-24)21-29(31)34(28)27-15-9-8-14-26(27)33(37)40-34/h5-9,12-17,19-21,23,35-36H,4,10-11,18H2,1-3H3/t23-,34-/m0/s1. The first-order valence-corrected chi connectivity index (χ1v) is 14.0. The fourth-order valence-electron chi connectivity index (χ4n) is 5.71. The van der Waals surface area contributed by atoms with E-state index in [4.69, 9.17) is 14.2 Å². The summed E-state index contributed by atoms with van der Waals surface area (Å²) >= 11 is 0. The van der Waals surface area contributed by atoms with E-state index in [-0.39, 0.29) is 12.0 Å². The average molecular weight is 535 g/mol. The number of rotatable bonds is 9. The van der Waals surface area contributed by atoms with Gasteiger partial charge in [-0.15, -0.1) is 0 Å². The predicted octanol–water partition coefficient (Wildman–Crippen LogP) is 7.92. The van der Waals surface area contributed by atoms with Gasteiger partial charge in [-0.1, -0.05) is 36.4 Å². The topological polar surface area (TPSA) is 68.8 Å². The van der Waals surface area contributed by atoms with Crippen molar-refractivity contribution in [3.8, 4) is 11.5 Å². The third kappa shape index (κ3) is 4.58. The molecule has 0 bridgehead atoms. The predicted molar refractivity (Wildman–Crippen MR) is 158 cm³/mol. The van der Waals surface area contributed by atoms with E-state index in [0.717, 1.165) is 65.4 Å². The number of anilines is 3. The van der Waals surface area contributed by atoms with Crippen molar-refractivity contribution in [1.29, 1.82) is 0 Å². The summed E-state index contributed by atoms with van der Waals surface area (Å²) in [5.74, 6) is 1.01. The van der Waals surface area contributed by atoms with Gasteiger partial charge in [0.15, 0.2) is 5.60 Å². The summed E-state index contributed by atoms with van der Waals surface area (Å²) in [6.45, 7) is 7.74. The van der Waals surface area contributed by atoms with Crippen molar-refractivity contribution in [3.05, 3.63) is 113 Å². The summed E-state index contributed by atoms with van der Waals surface area (Å²) in [4.78, 5) is 13.3. The number of carbonyl (C=O) groups is 1. The van der Waals surface area contributed by atoms with Crippen LogP contribution in [0.2, 0.25) is 0 Å². The molecule has 6 rings (SSSR count). The van der Waals surface area contributed by atoms with E-state index in [2.05, 4.69) is 23.6 Å². The van der Waals surface area contributed by atoms with Gasteiger partial charge >= 0.3 is 5.97 Å². The summed E-state index contributed by atoms with van der Waals surface area (Å²) in [6, 6.07) is 28.1. The molecule has 2 N–H and O–H groups in total. The molecule has 2 heterocycles. The molecule has 0 fully saturated rings. The van der Waals surface area contributed by atoms with Crippen LogP contribution in [0, 0.1) is 6.92 Å². The molecule has 2 aliphatic heterocycles. The first-order chi connectivity index (χ1) is 19.5. The van der Waals surface area contributed by atoms with Crippen LogP contribution in [0.5, 0.6) is 11.5 Å². The van der Waals surface area contributed by atoms with E-state index >= 15 is 0 Å². The lowest BCUT2D eigenvalue weighted by molar-refractivity contribution is 0.0224. The number of aryl methyl sites for hydroxylation is 1. The Morgan fingerprint density at radius 2 is 1.65 bits per heavy atom. The smallest absolute Gasteiger partial charge is 0.340 e. The van der Waals surface area contributed by atoms with Gasteiger partial charge in [0.2, 0.25) is 0 Å². The van der Waals surface area contributed by atoms with Gasteiger partial charge in [-0.3, -0.25) is 0 Å². The summed E-state index contributed by atoms with van der Waals surface area (Å²) in [7, 11) is 0. The van der Waals surface area contributed by atoms with Crippen molar-refractivity contribution < 1.29 is 19.0 Å². The third-order valence-electron chi connectivity index (χ3n) is 7.65. The Morgan fingerprint density at radius 1 is 0.875 bits per heavy atom. The van der Waals surface area contributed by atoms with Gasteiger partial charge in [-0.25, -0.2) is 4.79 Å². The van der Waals surface area contributed by atoms with Crippen molar-refractivity contribution in [3.63, 3.8) is 0 Å². The van der Waals surface area contributed by atoms with Crippen LogP contribution in [0.3, 0.4) is 0 Å². The summed E-state index contributed by atoms with van der Waals surface area (Å²) in [5, 5.41) is 7.12. The molecular weight excluding hydrogens is 500 g/mol. The molecule has 6 nitrogen and oxygen atoms in total. The Kier molecular flexibility index (Phi) is 6.95. The van der Waals surface area contributed by atoms with Gasteiger partial charge in [-0.05, 0) is 81.6 Å². The van der Waals surface area contributed by atoms with Crippen molar-refractivity contribution >= 4 is 23.0 Å². The Hall–Kier alpha value is -4.29. The molecule has 40 heavy (non-hydrogen) atoms. The number of para-hydroxylation sites is 1. The van der Waals surface area contributed by atoms with Crippen LogP contribution in [0.4, 0.5) is 17.1 Å². The zero-order valence-corrected chi connectivity index (χ0v) is 23.1. The van der Waals surface area contributed by atoms with E-state index in [1.165, 1.54) is 0 Å². The van der Waals surface area contributed by atoms with Crippen LogP contribution < -0.4 is 15.4 Å². The van der Waals surface area contributed by atoms with Crippen LogP contribution in [0.15, 0.2) is 84.9 Å². The number of carbonyl (C=O) groups excluding carboxylic acids is 1. The van der Waals surface area contributed by atoms with E-state index < -0.39 is 5.60 Å². The first-order valence-electron chi connectivity index (χ1n) is 14.0. The minimum atomic E-state index is -1.11. The molecule has 0 unspecified atom stereocenters. The molecule has 1 spiro atoms. The lowest BCUT2D eigenvalue weighted by Crippen LogP contribution is -2.33. The number of ether oxygens (including phenoxy) is 3. The number of nitrogens with one attached hydrogen (secondary N) is 2. The molecule has 0 aromatic heterocycles. The second-order valence-corrected chi connectivity index (χ2v) is 10.5. The van der Waals surface area contributed by atoms with Crippen LogP contribution >= 0.6 is 0 Å². The van der Waals surface area contributed by atoms with Crippen molar-refractivity contribution in [2.45, 2.75) is 45.3 Å². The largest absolute Gasteiger partial charge is 0.456 e. The zero-order valence-electron chi connectivity index (χ0n) is 23.1. The monoisotopic (exact) mass is 534 g/mol. The zero-order chi connectivity index (χ0) is 27.7. The maximum atomic E-state index is 13.3. The van der Waals surface area contributed by atoms with Gasteiger partial charge in [0, 0.05) is 59.1 Å². The summed E-state index contributed by atoms with van der Waals surface area (Å²) in [5.41, 5.74) is 5.78. The van der Waals surface area contributed by atoms with Gasteiger partial charge in [0.1, 0.15) is 11.5 Å². The molecule has 4 aromatic rings. The van der Waals surface area contributed by atoms with E-state index in [1.807, 2.05) is 92.7 Å². The molecule has 2 atom stereocenters. The maximum Gasteiger partial charge on any atom is 0.340 e. The van der Waals surface area contributed by atoms with Crippen LogP contribution in [-0.4, -0.2) is 25.2 Å². The van der Waals surface area contributed by atoms with Crippen molar-refractivity contribution in [2.75, 3.05) is 23.8 Å². The molecule has 6 heteroatoms. The van der Waals surface area contributed by atoms with Gasteiger partial charge in [0.25, 0.3) is 0 Å². The van der Waals surface area contributed by atoms with E-state index in [1.54, 1.807) is 0 Å². The number of esters is 1. The number of hydrogen-bond donors (Lipinski definition) is 2. The molecule has 0 amide bonds.